The molecule has 534 valence electrons. The zero-order valence-electron chi connectivity index (χ0n) is 58.8. The first-order valence-electron chi connectivity index (χ1n) is 35.4. The third kappa shape index (κ3) is 18.6. The number of carbonyl (C=O) groups is 6. The summed E-state index contributed by atoms with van der Waals surface area (Å²) in [4.78, 5) is 107. The number of aryl methyl sites for hydroxylation is 1. The van der Waals surface area contributed by atoms with Crippen LogP contribution < -0.4 is 41.7 Å². The van der Waals surface area contributed by atoms with E-state index in [0.29, 0.717) is 107 Å². The molecule has 5 aliphatic heterocycles. The normalized spacial score (nSPS) is 22.2. The molecular weight excluding hydrogens is 1280 g/mol. The lowest BCUT2D eigenvalue weighted by molar-refractivity contribution is -0.144. The zero-order chi connectivity index (χ0) is 70.3. The fourth-order valence-electron chi connectivity index (χ4n) is 15.3. The van der Waals surface area contributed by atoms with Crippen LogP contribution in [0.15, 0.2) is 78.6 Å². The van der Waals surface area contributed by atoms with Crippen molar-refractivity contribution in [3.63, 3.8) is 0 Å². The Balaban J connectivity index is 0.549. The topological polar surface area (TPSA) is 253 Å². The first kappa shape index (κ1) is 72.5. The van der Waals surface area contributed by atoms with Gasteiger partial charge in [-0.1, -0.05) is 83.1 Å². The van der Waals surface area contributed by atoms with Crippen LogP contribution in [0.2, 0.25) is 0 Å². The minimum absolute atomic E-state index is 0.00435. The summed E-state index contributed by atoms with van der Waals surface area (Å²) in [7, 11) is 2.09. The molecule has 1 unspecified atom stereocenters. The van der Waals surface area contributed by atoms with Crippen LogP contribution in [-0.4, -0.2) is 190 Å². The molecule has 25 heteroatoms. The van der Waals surface area contributed by atoms with Crippen LogP contribution in [-0.2, 0) is 48.4 Å². The van der Waals surface area contributed by atoms with Crippen LogP contribution in [0.5, 0.6) is 0 Å². The van der Waals surface area contributed by atoms with E-state index in [1.165, 1.54) is 23.4 Å². The van der Waals surface area contributed by atoms with Gasteiger partial charge in [-0.3, -0.25) is 33.7 Å². The van der Waals surface area contributed by atoms with E-state index in [4.69, 9.17) is 0 Å². The van der Waals surface area contributed by atoms with Crippen molar-refractivity contribution < 1.29 is 42.7 Å². The highest BCUT2D eigenvalue weighted by Crippen LogP contribution is 2.41. The number of aromatic nitrogens is 3. The Hall–Kier alpha value is -7.71. The third-order valence-electron chi connectivity index (χ3n) is 21.5. The molecule has 0 radical (unpaired) electrons. The van der Waals surface area contributed by atoms with Gasteiger partial charge in [0.1, 0.15) is 41.7 Å². The Morgan fingerprint density at radius 1 is 0.788 bits per heavy atom. The van der Waals surface area contributed by atoms with E-state index in [1.807, 2.05) is 88.7 Å². The quantitative estimate of drug-likeness (QED) is 0.0302. The number of rotatable bonds is 25. The maximum absolute atomic E-state index is 15.8. The molecule has 6 aliphatic rings. The van der Waals surface area contributed by atoms with Gasteiger partial charge in [0, 0.05) is 128 Å². The molecule has 1 spiro atoms. The molecule has 6 amide bonds. The molecule has 22 nitrogen and oxygen atoms in total. The van der Waals surface area contributed by atoms with E-state index in [9.17, 15) is 33.9 Å². The van der Waals surface area contributed by atoms with E-state index >= 15 is 8.78 Å². The molecular formula is C74H101F2N15O7S. The molecule has 7 N–H and O–H groups in total. The number of thiazole rings is 1. The number of benzene rings is 3. The number of likely N-dealkylation sites (N-methyl/N-ethyl adjacent to an activating group) is 1. The van der Waals surface area contributed by atoms with E-state index in [2.05, 4.69) is 93.4 Å². The van der Waals surface area contributed by atoms with Crippen molar-refractivity contribution in [1.82, 2.24) is 61.1 Å². The van der Waals surface area contributed by atoms with Crippen LogP contribution in [0.3, 0.4) is 0 Å². The average Bonchev–Trinajstić information content (AvgIpc) is 1.56. The summed E-state index contributed by atoms with van der Waals surface area (Å²) in [5, 5.41) is 29.4. The van der Waals surface area contributed by atoms with Crippen molar-refractivity contribution in [3.05, 3.63) is 118 Å². The van der Waals surface area contributed by atoms with Gasteiger partial charge in [-0.25, -0.2) is 23.7 Å². The fourth-order valence-corrected chi connectivity index (χ4v) is 16.1. The molecule has 5 aromatic rings. The molecule has 6 fully saturated rings. The van der Waals surface area contributed by atoms with Crippen molar-refractivity contribution in [1.29, 1.82) is 0 Å². The van der Waals surface area contributed by atoms with Crippen LogP contribution in [0, 0.1) is 41.2 Å². The zero-order valence-corrected chi connectivity index (χ0v) is 59.6. The molecule has 3 aromatic carbocycles. The Morgan fingerprint density at radius 2 is 1.48 bits per heavy atom. The summed E-state index contributed by atoms with van der Waals surface area (Å²) in [5.41, 5.74) is 6.08. The molecule has 11 rings (SSSR count). The van der Waals surface area contributed by atoms with Gasteiger partial charge in [-0.15, -0.1) is 11.3 Å². The second-order valence-corrected chi connectivity index (χ2v) is 31.4. The van der Waals surface area contributed by atoms with E-state index < -0.39 is 52.6 Å². The van der Waals surface area contributed by atoms with E-state index in [-0.39, 0.29) is 73.1 Å². The van der Waals surface area contributed by atoms with Gasteiger partial charge in [-0.2, -0.15) is 0 Å². The van der Waals surface area contributed by atoms with E-state index in [0.717, 1.165) is 90.5 Å². The number of piperazine rings is 1. The number of aliphatic hydroxyl groups excluding tert-OH is 1. The molecule has 99 heavy (non-hydrogen) atoms. The summed E-state index contributed by atoms with van der Waals surface area (Å²) in [6.07, 6.45) is 6.25. The summed E-state index contributed by atoms with van der Waals surface area (Å²) in [5.74, 6) is -0.253. The van der Waals surface area contributed by atoms with Gasteiger partial charge in [0.25, 0.3) is 0 Å². The second-order valence-electron chi connectivity index (χ2n) is 30.6. The number of amides is 6. The van der Waals surface area contributed by atoms with Crippen molar-refractivity contribution in [2.75, 3.05) is 101 Å². The predicted molar refractivity (Wildman–Crippen MR) is 379 cm³/mol. The highest BCUT2D eigenvalue weighted by atomic mass is 32.1. The van der Waals surface area contributed by atoms with Crippen molar-refractivity contribution >= 4 is 64.1 Å². The summed E-state index contributed by atoms with van der Waals surface area (Å²) < 4.78 is 31.4. The average molecular weight is 1380 g/mol. The number of carbonyl (C=O) groups excluding carboxylic acids is 6. The van der Waals surface area contributed by atoms with Gasteiger partial charge in [-0.05, 0) is 123 Å². The summed E-state index contributed by atoms with van der Waals surface area (Å²) in [6, 6.07) is 18.6. The fraction of sp³-hybridized carbons (Fsp3) is 0.581. The first-order chi connectivity index (χ1) is 47.2. The lowest BCUT2D eigenvalue weighted by Gasteiger charge is -2.48. The maximum atomic E-state index is 15.8. The molecule has 2 aromatic heterocycles. The minimum atomic E-state index is -1.01. The minimum Gasteiger partial charge on any atom is -0.391 e. The van der Waals surface area contributed by atoms with Gasteiger partial charge >= 0.3 is 0 Å². The number of hydrogen-bond acceptors (Lipinski definition) is 17. The van der Waals surface area contributed by atoms with Crippen molar-refractivity contribution in [2.45, 2.75) is 168 Å². The standard InChI is InChI=1S/C74H101F2N15O7S/c1-47(51-12-14-52(15-13-51)68-48(2)82-46-99-68)83-70(97)61-34-57(92)42-91(61)71(98)69(72(3,4)5)84-66(95)17-16-64(93)77-23-29-86(8)56-31-53-39-88(40-54(53)32-56)24-18-65(94)79-38-50-11-9-10-49(30-50)37-78-62-36-63(81-45-80-62)89-27-21-74(22-28-89)44-90(43-67(96)85-74)60-35-58(75)55(33-59(60)76)41-87-25-19-73(6,7)20-26-87/h9-15,30,33,35-36,45-47,53-54,56-57,61,69,92H,16-29,31-32,34,37-44H2,1-8H3,(H,77,93)(H,79,94)(H,83,97)(H,84,95)(H,85,96)(H,78,80,81)/t47-,53-,54+,56?,57+,61-,69+/m0/s1. The number of piperidine rings is 2. The number of β-amino-alcohol motifs (C(OH)–C–C–N with tert-alkyl or cyclic N) is 1. The van der Waals surface area contributed by atoms with E-state index in [1.54, 1.807) is 16.2 Å². The lowest BCUT2D eigenvalue weighted by atomic mass is 9.82. The monoisotopic (exact) mass is 1380 g/mol. The van der Waals surface area contributed by atoms with Crippen molar-refractivity contribution in [3.8, 4) is 10.4 Å². The number of fused-ring (bicyclic) bond motifs is 1. The predicted octanol–water partition coefficient (Wildman–Crippen LogP) is 7.31. The Labute approximate surface area is 585 Å². The van der Waals surface area contributed by atoms with Crippen LogP contribution >= 0.6 is 11.3 Å². The summed E-state index contributed by atoms with van der Waals surface area (Å²) >= 11 is 1.57. The van der Waals surface area contributed by atoms with Gasteiger partial charge < -0.3 is 61.5 Å². The Bertz CT molecular complexity index is 3670. The number of hydrogen-bond donors (Lipinski definition) is 7. The number of halogens is 2. The number of aliphatic hydroxyl groups is 1. The molecule has 0 bridgehead atoms. The Morgan fingerprint density at radius 3 is 2.18 bits per heavy atom. The smallest absolute Gasteiger partial charge is 0.246 e. The summed E-state index contributed by atoms with van der Waals surface area (Å²) in [6.45, 7) is 21.9. The maximum Gasteiger partial charge on any atom is 0.246 e. The number of nitrogens with one attached hydrogen (secondary N) is 6. The van der Waals surface area contributed by atoms with Crippen molar-refractivity contribution in [2.24, 2.45) is 22.7 Å². The van der Waals surface area contributed by atoms with Gasteiger partial charge in [0.05, 0.1) is 46.0 Å². The highest BCUT2D eigenvalue weighted by Gasteiger charge is 2.46. The van der Waals surface area contributed by atoms with Crippen LogP contribution in [0.1, 0.15) is 140 Å². The number of likely N-dealkylation sites (tertiary alicyclic amines) is 3. The van der Waals surface area contributed by atoms with Crippen LogP contribution in [0.4, 0.5) is 26.1 Å². The molecule has 7 atom stereocenters. The van der Waals surface area contributed by atoms with Gasteiger partial charge in [0.15, 0.2) is 0 Å². The largest absolute Gasteiger partial charge is 0.391 e. The lowest BCUT2D eigenvalue weighted by Crippen LogP contribution is -2.66. The highest BCUT2D eigenvalue weighted by molar-refractivity contribution is 7.13. The number of anilines is 3. The molecule has 5 saturated heterocycles. The third-order valence-corrected chi connectivity index (χ3v) is 22.4. The Kier molecular flexibility index (Phi) is 23.0. The molecule has 1 aliphatic carbocycles. The molecule has 1 saturated carbocycles. The van der Waals surface area contributed by atoms with Crippen LogP contribution in [0.25, 0.3) is 10.4 Å². The van der Waals surface area contributed by atoms with Gasteiger partial charge in [0.2, 0.25) is 35.4 Å². The SMILES string of the molecule is Cc1ncsc1-c1ccc([C@H](C)NC(=O)[C@@H]2C[C@@H](O)CN2C(=O)[C@@H](NC(=O)CCC(=O)NCCN(C)C2C[C@@H]3CN(CCC(=O)NCc4cccc(CNc5cc(N6CCC7(CC6)CN(c6cc(F)c(CN8CCC(C)(C)CC8)cc6F)CC(=O)N7)ncn5)c4)C[C@@H]3C2)C(C)(C)C)cc1. The first-order valence-corrected chi connectivity index (χ1v) is 36.3. The number of nitrogens with zero attached hydrogens (tertiary/aromatic N) is 9. The molecule has 7 heterocycles. The second kappa shape index (κ2) is 31.5.